The van der Waals surface area contributed by atoms with Crippen molar-refractivity contribution in [3.63, 3.8) is 0 Å². The third kappa shape index (κ3) is 4.04. The monoisotopic (exact) mass is 389 g/mol. The van der Waals surface area contributed by atoms with Gasteiger partial charge in [-0.3, -0.25) is 4.79 Å². The highest BCUT2D eigenvalue weighted by molar-refractivity contribution is 5.97. The van der Waals surface area contributed by atoms with Crippen molar-refractivity contribution in [2.75, 3.05) is 4.90 Å². The first-order chi connectivity index (χ1) is 14.0. The third-order valence-corrected chi connectivity index (χ3v) is 5.26. The Morgan fingerprint density at radius 1 is 0.966 bits per heavy atom. The van der Waals surface area contributed by atoms with Crippen LogP contribution >= 0.6 is 0 Å². The first-order valence-corrected chi connectivity index (χ1v) is 9.47. The summed E-state index contributed by atoms with van der Waals surface area (Å²) in [7, 11) is 0. The molecule has 0 spiro atoms. The van der Waals surface area contributed by atoms with Gasteiger partial charge < -0.3 is 10.0 Å². The average molecular weight is 389 g/mol. The number of para-hydroxylation sites is 1. The van der Waals surface area contributed by atoms with Crippen LogP contribution in [0, 0.1) is 11.7 Å². The van der Waals surface area contributed by atoms with Crippen LogP contribution in [0.1, 0.15) is 33.8 Å². The van der Waals surface area contributed by atoms with E-state index in [9.17, 15) is 19.1 Å². The highest BCUT2D eigenvalue weighted by Crippen LogP contribution is 2.49. The van der Waals surface area contributed by atoms with Crippen LogP contribution in [0.15, 0.2) is 78.9 Å². The van der Waals surface area contributed by atoms with Crippen LogP contribution in [0.5, 0.6) is 0 Å². The number of aromatic carboxylic acids is 1. The maximum atomic E-state index is 14.1. The molecule has 146 valence electrons. The molecule has 2 unspecified atom stereocenters. The zero-order valence-corrected chi connectivity index (χ0v) is 15.7. The molecule has 1 aliphatic rings. The Kier molecular flexibility index (Phi) is 5.12. The topological polar surface area (TPSA) is 57.6 Å². The van der Waals surface area contributed by atoms with Gasteiger partial charge in [-0.05, 0) is 53.8 Å². The van der Waals surface area contributed by atoms with Gasteiger partial charge in [-0.1, -0.05) is 48.5 Å². The molecule has 4 nitrogen and oxygen atoms in total. The molecule has 0 saturated heterocycles. The number of carbonyl (C=O) groups is 2. The van der Waals surface area contributed by atoms with E-state index in [0.717, 1.165) is 11.3 Å². The molecule has 1 amide bonds. The second kappa shape index (κ2) is 7.87. The highest BCUT2D eigenvalue weighted by atomic mass is 19.1. The molecule has 1 saturated carbocycles. The van der Waals surface area contributed by atoms with Crippen LogP contribution in [0.3, 0.4) is 0 Å². The van der Waals surface area contributed by atoms with E-state index >= 15 is 0 Å². The minimum Gasteiger partial charge on any atom is -0.478 e. The molecule has 1 fully saturated rings. The molecular weight excluding hydrogens is 369 g/mol. The fourth-order valence-electron chi connectivity index (χ4n) is 3.68. The normalized spacial score (nSPS) is 17.6. The molecule has 0 heterocycles. The Labute approximate surface area is 168 Å². The van der Waals surface area contributed by atoms with Crippen LogP contribution in [-0.4, -0.2) is 17.0 Å². The zero-order valence-electron chi connectivity index (χ0n) is 15.7. The molecule has 0 aromatic heterocycles. The summed E-state index contributed by atoms with van der Waals surface area (Å²) >= 11 is 0. The molecule has 2 atom stereocenters. The Balaban J connectivity index is 1.60. The van der Waals surface area contributed by atoms with Crippen molar-refractivity contribution >= 4 is 17.6 Å². The molecular formula is C24H20FNO3. The predicted octanol–water partition coefficient (Wildman–Crippen LogP) is 4.86. The summed E-state index contributed by atoms with van der Waals surface area (Å²) in [5.74, 6) is -1.78. The third-order valence-electron chi connectivity index (χ3n) is 5.26. The SMILES string of the molecule is O=C(O)c1cccc(CN(C(=O)C2CC2c2ccccc2F)c2ccccc2)c1. The minimum absolute atomic E-state index is 0.0785. The van der Waals surface area contributed by atoms with Gasteiger partial charge in [0.1, 0.15) is 5.82 Å². The van der Waals surface area contributed by atoms with E-state index in [1.54, 1.807) is 41.3 Å². The lowest BCUT2D eigenvalue weighted by Crippen LogP contribution is -2.32. The van der Waals surface area contributed by atoms with Gasteiger partial charge in [-0.2, -0.15) is 0 Å². The largest absolute Gasteiger partial charge is 0.478 e. The Morgan fingerprint density at radius 2 is 1.69 bits per heavy atom. The predicted molar refractivity (Wildman–Crippen MR) is 108 cm³/mol. The molecule has 0 aliphatic heterocycles. The van der Waals surface area contributed by atoms with E-state index in [-0.39, 0.29) is 35.7 Å². The quantitative estimate of drug-likeness (QED) is 0.655. The molecule has 3 aromatic rings. The van der Waals surface area contributed by atoms with Gasteiger partial charge in [0.15, 0.2) is 0 Å². The van der Waals surface area contributed by atoms with Crippen LogP contribution < -0.4 is 4.90 Å². The van der Waals surface area contributed by atoms with Crippen molar-refractivity contribution in [3.8, 4) is 0 Å². The molecule has 4 rings (SSSR count). The fourth-order valence-corrected chi connectivity index (χ4v) is 3.68. The van der Waals surface area contributed by atoms with Crippen LogP contribution in [-0.2, 0) is 11.3 Å². The second-order valence-electron chi connectivity index (χ2n) is 7.24. The van der Waals surface area contributed by atoms with Crippen LogP contribution in [0.25, 0.3) is 0 Å². The summed E-state index contributed by atoms with van der Waals surface area (Å²) in [4.78, 5) is 26.2. The average Bonchev–Trinajstić information content (AvgIpc) is 3.53. The number of benzene rings is 3. The molecule has 1 aliphatic carbocycles. The molecule has 3 aromatic carbocycles. The number of nitrogens with zero attached hydrogens (tertiary/aromatic N) is 1. The summed E-state index contributed by atoms with van der Waals surface area (Å²) in [6, 6.07) is 22.4. The Morgan fingerprint density at radius 3 is 2.41 bits per heavy atom. The number of hydrogen-bond acceptors (Lipinski definition) is 2. The summed E-state index contributed by atoms with van der Waals surface area (Å²) in [6.07, 6.45) is 0.609. The van der Waals surface area contributed by atoms with Crippen molar-refractivity contribution in [1.29, 1.82) is 0 Å². The van der Waals surface area contributed by atoms with Crippen molar-refractivity contribution < 1.29 is 19.1 Å². The summed E-state index contributed by atoms with van der Waals surface area (Å²) in [6.45, 7) is 0.254. The lowest BCUT2D eigenvalue weighted by molar-refractivity contribution is -0.120. The van der Waals surface area contributed by atoms with Crippen LogP contribution in [0.2, 0.25) is 0 Å². The summed E-state index contributed by atoms with van der Waals surface area (Å²) < 4.78 is 14.1. The number of halogens is 1. The van der Waals surface area contributed by atoms with E-state index in [1.165, 1.54) is 12.1 Å². The van der Waals surface area contributed by atoms with Crippen molar-refractivity contribution in [1.82, 2.24) is 0 Å². The maximum absolute atomic E-state index is 14.1. The van der Waals surface area contributed by atoms with Gasteiger partial charge in [-0.25, -0.2) is 9.18 Å². The smallest absolute Gasteiger partial charge is 0.335 e. The number of anilines is 1. The summed E-state index contributed by atoms with van der Waals surface area (Å²) in [5, 5.41) is 9.24. The molecule has 5 heteroatoms. The number of hydrogen-bond donors (Lipinski definition) is 1. The molecule has 0 radical (unpaired) electrons. The van der Waals surface area contributed by atoms with Gasteiger partial charge in [-0.15, -0.1) is 0 Å². The number of carbonyl (C=O) groups excluding carboxylic acids is 1. The van der Waals surface area contributed by atoms with Crippen LogP contribution in [0.4, 0.5) is 10.1 Å². The molecule has 1 N–H and O–H groups in total. The number of carboxylic acids is 1. The van der Waals surface area contributed by atoms with E-state index in [4.69, 9.17) is 0 Å². The van der Waals surface area contributed by atoms with Crippen molar-refractivity contribution in [2.45, 2.75) is 18.9 Å². The number of carboxylic acid groups (broad SMARTS) is 1. The maximum Gasteiger partial charge on any atom is 0.335 e. The molecule has 29 heavy (non-hydrogen) atoms. The lowest BCUT2D eigenvalue weighted by atomic mass is 10.1. The Hall–Kier alpha value is -3.47. The number of amides is 1. The van der Waals surface area contributed by atoms with E-state index in [0.29, 0.717) is 12.0 Å². The minimum atomic E-state index is -1.01. The van der Waals surface area contributed by atoms with E-state index < -0.39 is 5.97 Å². The second-order valence-corrected chi connectivity index (χ2v) is 7.24. The summed E-state index contributed by atoms with van der Waals surface area (Å²) in [5.41, 5.74) is 2.22. The highest BCUT2D eigenvalue weighted by Gasteiger charge is 2.47. The number of rotatable bonds is 6. The fraction of sp³-hybridized carbons (Fsp3) is 0.167. The first kappa shape index (κ1) is 18.9. The van der Waals surface area contributed by atoms with Gasteiger partial charge in [0.05, 0.1) is 12.1 Å². The van der Waals surface area contributed by atoms with Crippen molar-refractivity contribution in [2.24, 2.45) is 5.92 Å². The van der Waals surface area contributed by atoms with E-state index in [1.807, 2.05) is 30.3 Å². The van der Waals surface area contributed by atoms with E-state index in [2.05, 4.69) is 0 Å². The molecule has 0 bridgehead atoms. The first-order valence-electron chi connectivity index (χ1n) is 9.47. The van der Waals surface area contributed by atoms with Gasteiger partial charge in [0.25, 0.3) is 0 Å². The van der Waals surface area contributed by atoms with Gasteiger partial charge in [0, 0.05) is 11.6 Å². The lowest BCUT2D eigenvalue weighted by Gasteiger charge is -2.23. The zero-order chi connectivity index (χ0) is 20.4. The Bertz CT molecular complexity index is 1050. The van der Waals surface area contributed by atoms with Gasteiger partial charge >= 0.3 is 5.97 Å². The standard InChI is InChI=1S/C24H20FNO3/c25-22-12-5-4-11-19(22)20-14-21(20)23(27)26(18-9-2-1-3-10-18)15-16-7-6-8-17(13-16)24(28)29/h1-13,20-21H,14-15H2,(H,28,29). The van der Waals surface area contributed by atoms with Gasteiger partial charge in [0.2, 0.25) is 5.91 Å². The van der Waals surface area contributed by atoms with Crippen molar-refractivity contribution in [3.05, 3.63) is 101 Å².